The molecule has 1 aromatic carbocycles. The summed E-state index contributed by atoms with van der Waals surface area (Å²) in [4.78, 5) is 22.0. The van der Waals surface area contributed by atoms with Crippen molar-refractivity contribution < 1.29 is 19.1 Å². The van der Waals surface area contributed by atoms with E-state index in [1.165, 1.54) is 93.4 Å². The van der Waals surface area contributed by atoms with Crippen molar-refractivity contribution in [3.05, 3.63) is 41.5 Å². The van der Waals surface area contributed by atoms with Crippen molar-refractivity contribution in [3.63, 3.8) is 0 Å². The summed E-state index contributed by atoms with van der Waals surface area (Å²) in [6.45, 7) is 10.6. The van der Waals surface area contributed by atoms with E-state index in [2.05, 4.69) is 39.5 Å². The highest BCUT2D eigenvalue weighted by Gasteiger charge is 2.33. The highest BCUT2D eigenvalue weighted by atomic mass is 16.5. The molecule has 2 aliphatic carbocycles. The third kappa shape index (κ3) is 11.0. The molecule has 0 atom stereocenters. The van der Waals surface area contributed by atoms with E-state index in [0.717, 1.165) is 55.8 Å². The van der Waals surface area contributed by atoms with Crippen LogP contribution in [-0.4, -0.2) is 26.0 Å². The first-order valence-corrected chi connectivity index (χ1v) is 15.3. The molecule has 0 bridgehead atoms. The molecule has 0 aliphatic heterocycles. The molecule has 38 heavy (non-hydrogen) atoms. The second kappa shape index (κ2) is 18.4. The largest absolute Gasteiger partial charge is 0.426 e. The molecule has 2 aliphatic rings. The lowest BCUT2D eigenvalue weighted by Gasteiger charge is -2.37. The number of carbonyl (C=O) groups is 2. The summed E-state index contributed by atoms with van der Waals surface area (Å²) >= 11 is 0. The van der Waals surface area contributed by atoms with Crippen LogP contribution in [0.4, 0.5) is 0 Å². The fraction of sp³-hybridized carbons (Fsp3) is 0.706. The maximum absolute atomic E-state index is 12.9. The number of esters is 1. The van der Waals surface area contributed by atoms with Crippen molar-refractivity contribution in [2.75, 3.05) is 13.7 Å². The van der Waals surface area contributed by atoms with Gasteiger partial charge in [0.2, 0.25) is 0 Å². The molecule has 0 amide bonds. The quantitative estimate of drug-likeness (QED) is 0.0847. The standard InChI is InChI=1S/C31H50O3.C3H4O/c1-5-10-25-12-14-26(15-13-25)27-16-18-28(19-17-27)31(32)34-29-21-23(2)30(24(3)22-29)11-8-6-7-9-20-33-4;1-2-3-4/h21-22,25-28H,5-20H2,1-4H3;2-3H,1H2. The molecule has 0 unspecified atom stereocenters. The second-order valence-electron chi connectivity index (χ2n) is 11.7. The summed E-state index contributed by atoms with van der Waals surface area (Å²) in [5, 5.41) is 0. The van der Waals surface area contributed by atoms with Crippen molar-refractivity contribution in [2.45, 2.75) is 117 Å². The van der Waals surface area contributed by atoms with Gasteiger partial charge in [-0.2, -0.15) is 0 Å². The van der Waals surface area contributed by atoms with Gasteiger partial charge in [-0.15, -0.1) is 0 Å². The van der Waals surface area contributed by atoms with Crippen molar-refractivity contribution in [3.8, 4) is 5.75 Å². The van der Waals surface area contributed by atoms with Crippen LogP contribution in [-0.2, 0) is 20.7 Å². The number of allylic oxidation sites excluding steroid dienone is 1. The average molecular weight is 527 g/mol. The lowest BCUT2D eigenvalue weighted by molar-refractivity contribution is -0.140. The van der Waals surface area contributed by atoms with Crippen molar-refractivity contribution in [1.29, 1.82) is 0 Å². The number of aryl methyl sites for hydroxylation is 2. The Morgan fingerprint density at radius 1 is 0.921 bits per heavy atom. The van der Waals surface area contributed by atoms with Gasteiger partial charge in [0.05, 0.1) is 5.92 Å². The predicted octanol–water partition coefficient (Wildman–Crippen LogP) is 8.74. The van der Waals surface area contributed by atoms with Crippen LogP contribution in [0.1, 0.15) is 114 Å². The highest BCUT2D eigenvalue weighted by molar-refractivity contribution is 5.75. The molecule has 0 spiro atoms. The zero-order chi connectivity index (χ0) is 27.8. The van der Waals surface area contributed by atoms with Crippen molar-refractivity contribution >= 4 is 12.3 Å². The first-order valence-electron chi connectivity index (χ1n) is 15.3. The maximum Gasteiger partial charge on any atom is 0.314 e. The number of hydrogen-bond acceptors (Lipinski definition) is 4. The fourth-order valence-corrected chi connectivity index (χ4v) is 6.69. The SMILES string of the molecule is C=CC=O.CCCC1CCC(C2CCC(C(=O)Oc3cc(C)c(CCCCCCOC)c(C)c3)CC2)CC1. The summed E-state index contributed by atoms with van der Waals surface area (Å²) in [5.74, 6) is 3.54. The van der Waals surface area contributed by atoms with Crippen LogP contribution < -0.4 is 4.74 Å². The fourth-order valence-electron chi connectivity index (χ4n) is 6.69. The first kappa shape index (κ1) is 32.3. The Hall–Kier alpha value is -1.94. The number of aldehydes is 1. The Balaban J connectivity index is 0.00000118. The van der Waals surface area contributed by atoms with Gasteiger partial charge < -0.3 is 9.47 Å². The smallest absolute Gasteiger partial charge is 0.314 e. The van der Waals surface area contributed by atoms with E-state index in [4.69, 9.17) is 14.3 Å². The summed E-state index contributed by atoms with van der Waals surface area (Å²) < 4.78 is 11.0. The van der Waals surface area contributed by atoms with Crippen molar-refractivity contribution in [1.82, 2.24) is 0 Å². The van der Waals surface area contributed by atoms with Gasteiger partial charge >= 0.3 is 5.97 Å². The normalized spacial score (nSPS) is 23.2. The van der Waals surface area contributed by atoms with Gasteiger partial charge in [0.1, 0.15) is 12.0 Å². The van der Waals surface area contributed by atoms with E-state index in [1.54, 1.807) is 7.11 Å². The number of unbranched alkanes of at least 4 members (excludes halogenated alkanes) is 3. The monoisotopic (exact) mass is 526 g/mol. The Kier molecular flexibility index (Phi) is 15.6. The highest BCUT2D eigenvalue weighted by Crippen LogP contribution is 2.42. The van der Waals surface area contributed by atoms with Gasteiger partial charge in [-0.05, 0) is 124 Å². The Morgan fingerprint density at radius 2 is 1.47 bits per heavy atom. The van der Waals surface area contributed by atoms with Gasteiger partial charge in [-0.25, -0.2) is 0 Å². The van der Waals surface area contributed by atoms with E-state index in [1.807, 2.05) is 0 Å². The summed E-state index contributed by atoms with van der Waals surface area (Å²) in [6, 6.07) is 4.15. The molecular weight excluding hydrogens is 472 g/mol. The topological polar surface area (TPSA) is 52.6 Å². The molecule has 0 aromatic heterocycles. The number of hydrogen-bond donors (Lipinski definition) is 0. The van der Waals surface area contributed by atoms with Crippen LogP contribution in [0.2, 0.25) is 0 Å². The minimum atomic E-state index is -0.00482. The van der Waals surface area contributed by atoms with Gasteiger partial charge in [-0.1, -0.05) is 52.0 Å². The lowest BCUT2D eigenvalue weighted by atomic mass is 9.69. The molecule has 214 valence electrons. The molecular formula is C34H54O4. The van der Waals surface area contributed by atoms with Crippen LogP contribution in [0, 0.1) is 37.5 Å². The summed E-state index contributed by atoms with van der Waals surface area (Å²) in [5.41, 5.74) is 3.92. The molecule has 0 N–H and O–H groups in total. The molecule has 2 saturated carbocycles. The minimum Gasteiger partial charge on any atom is -0.426 e. The second-order valence-corrected chi connectivity index (χ2v) is 11.7. The zero-order valence-corrected chi connectivity index (χ0v) is 24.8. The van der Waals surface area contributed by atoms with Gasteiger partial charge in [0.15, 0.2) is 0 Å². The van der Waals surface area contributed by atoms with E-state index in [9.17, 15) is 4.79 Å². The Labute approximate surface area is 233 Å². The van der Waals surface area contributed by atoms with E-state index >= 15 is 0 Å². The molecule has 4 nitrogen and oxygen atoms in total. The molecule has 0 radical (unpaired) electrons. The van der Waals surface area contributed by atoms with Crippen LogP contribution in [0.3, 0.4) is 0 Å². The van der Waals surface area contributed by atoms with Crippen LogP contribution >= 0.6 is 0 Å². The van der Waals surface area contributed by atoms with Crippen LogP contribution in [0.25, 0.3) is 0 Å². The molecule has 3 rings (SSSR count). The number of ether oxygens (including phenoxy) is 2. The zero-order valence-electron chi connectivity index (χ0n) is 24.8. The van der Waals surface area contributed by atoms with Crippen LogP contribution in [0.15, 0.2) is 24.8 Å². The Morgan fingerprint density at radius 3 is 2.00 bits per heavy atom. The van der Waals surface area contributed by atoms with E-state index in [-0.39, 0.29) is 11.9 Å². The lowest BCUT2D eigenvalue weighted by Crippen LogP contribution is -2.30. The van der Waals surface area contributed by atoms with E-state index < -0.39 is 0 Å². The first-order chi connectivity index (χ1) is 18.4. The third-order valence-corrected chi connectivity index (χ3v) is 8.87. The molecule has 0 saturated heterocycles. The summed E-state index contributed by atoms with van der Waals surface area (Å²) in [7, 11) is 1.77. The van der Waals surface area contributed by atoms with Gasteiger partial charge in [-0.3, -0.25) is 9.59 Å². The molecule has 2 fully saturated rings. The molecule has 1 aromatic rings. The number of benzene rings is 1. The Bertz CT molecular complexity index is 800. The minimum absolute atomic E-state index is 0.00482. The maximum atomic E-state index is 12.9. The number of carbonyl (C=O) groups excluding carboxylic acids is 2. The number of methoxy groups -OCH3 is 1. The van der Waals surface area contributed by atoms with E-state index in [0.29, 0.717) is 6.29 Å². The molecule has 4 heteroatoms. The third-order valence-electron chi connectivity index (χ3n) is 8.87. The predicted molar refractivity (Wildman–Crippen MR) is 158 cm³/mol. The van der Waals surface area contributed by atoms with Gasteiger partial charge in [0, 0.05) is 13.7 Å². The molecule has 0 heterocycles. The number of rotatable bonds is 13. The van der Waals surface area contributed by atoms with Crippen molar-refractivity contribution in [2.24, 2.45) is 23.7 Å². The van der Waals surface area contributed by atoms with Crippen LogP contribution in [0.5, 0.6) is 5.75 Å². The summed E-state index contributed by atoms with van der Waals surface area (Å²) in [6.07, 6.45) is 20.6. The van der Waals surface area contributed by atoms with Gasteiger partial charge in [0.25, 0.3) is 0 Å². The average Bonchev–Trinajstić information content (AvgIpc) is 2.92.